The van der Waals surface area contributed by atoms with E-state index >= 15 is 0 Å². The Morgan fingerprint density at radius 3 is 2.76 bits per heavy atom. The first-order valence-corrected chi connectivity index (χ1v) is 10.3. The van der Waals surface area contributed by atoms with Gasteiger partial charge in [-0.05, 0) is 32.4 Å². The largest absolute Gasteiger partial charge is 0.454 e. The van der Waals surface area contributed by atoms with Gasteiger partial charge in [0.05, 0.1) is 16.5 Å². The molecule has 10 nitrogen and oxygen atoms in total. The minimum atomic E-state index is -0.964. The number of carbonyl (C=O) groups is 2. The molecule has 0 unspecified atom stereocenters. The van der Waals surface area contributed by atoms with Crippen molar-refractivity contribution in [2.45, 2.75) is 39.3 Å². The molecular weight excluding hydrogens is 430 g/mol. The number of Topliss-reactive ketones (excluding diaryl/α,β-unsaturated/α-hetero) is 1. The molecule has 0 aliphatic heterocycles. The first kappa shape index (κ1) is 22.0. The number of non-ortho nitro benzene ring substituents is 1. The van der Waals surface area contributed by atoms with Gasteiger partial charge in [0.1, 0.15) is 0 Å². The van der Waals surface area contributed by atoms with Crippen LogP contribution in [0.15, 0.2) is 51.7 Å². The summed E-state index contributed by atoms with van der Waals surface area (Å²) in [5.41, 5.74) is 2.35. The number of benzene rings is 2. The van der Waals surface area contributed by atoms with Crippen molar-refractivity contribution in [3.05, 3.63) is 74.4 Å². The molecule has 0 radical (unpaired) electrons. The molecule has 2 aromatic heterocycles. The lowest BCUT2D eigenvalue weighted by Crippen LogP contribution is -2.25. The monoisotopic (exact) mass is 451 g/mol. The van der Waals surface area contributed by atoms with E-state index < -0.39 is 22.8 Å². The lowest BCUT2D eigenvalue weighted by molar-refractivity contribution is -0.384. The number of nitro groups is 1. The Bertz CT molecular complexity index is 1440. The average molecular weight is 451 g/mol. The number of aryl methyl sites for hydroxylation is 2. The Morgan fingerprint density at radius 2 is 2.00 bits per heavy atom. The number of ether oxygens (including phenoxy) is 1. The van der Waals surface area contributed by atoms with Crippen LogP contribution in [0.4, 0.5) is 5.69 Å². The van der Waals surface area contributed by atoms with Gasteiger partial charge in [0.25, 0.3) is 5.69 Å². The van der Waals surface area contributed by atoms with E-state index in [9.17, 15) is 24.5 Å². The molecule has 10 heteroatoms. The van der Waals surface area contributed by atoms with Crippen LogP contribution in [0.5, 0.6) is 0 Å². The third-order valence-corrected chi connectivity index (χ3v) is 5.44. The Morgan fingerprint density at radius 1 is 1.24 bits per heavy atom. The lowest BCUT2D eigenvalue weighted by atomic mass is 10.0. The standard InChI is InChI=1S/C23H21N3O7/c1-13-21(16-6-3-4-7-17(16)24-13)22(28)14(2)32-20(27)8-5-11-25-18-10-9-15(26(30)31)12-19(18)33-23(25)29/h3-4,6-7,9-10,12,14,24H,5,8,11H2,1-2H3/t14-/m0/s1. The van der Waals surface area contributed by atoms with Crippen LogP contribution < -0.4 is 5.76 Å². The van der Waals surface area contributed by atoms with E-state index in [-0.39, 0.29) is 36.4 Å². The number of carbonyl (C=O) groups excluding carboxylic acids is 2. The predicted octanol–water partition coefficient (Wildman–Crippen LogP) is 3.89. The van der Waals surface area contributed by atoms with E-state index in [1.165, 1.54) is 29.7 Å². The highest BCUT2D eigenvalue weighted by Gasteiger charge is 2.24. The van der Waals surface area contributed by atoms with Gasteiger partial charge in [0.2, 0.25) is 5.78 Å². The average Bonchev–Trinajstić information content (AvgIpc) is 3.27. The number of oxazole rings is 1. The molecule has 4 rings (SSSR count). The Kier molecular flexibility index (Phi) is 5.82. The summed E-state index contributed by atoms with van der Waals surface area (Å²) in [5.74, 6) is -1.53. The third-order valence-electron chi connectivity index (χ3n) is 5.44. The highest BCUT2D eigenvalue weighted by Crippen LogP contribution is 2.24. The second-order valence-corrected chi connectivity index (χ2v) is 7.70. The normalized spacial score (nSPS) is 12.2. The number of para-hydroxylation sites is 1. The number of nitro benzene ring substituents is 1. The van der Waals surface area contributed by atoms with Crippen molar-refractivity contribution >= 4 is 39.4 Å². The van der Waals surface area contributed by atoms with Crippen molar-refractivity contribution in [3.8, 4) is 0 Å². The molecule has 0 aliphatic carbocycles. The summed E-state index contributed by atoms with van der Waals surface area (Å²) in [7, 11) is 0. The number of nitrogens with one attached hydrogen (secondary N) is 1. The minimum Gasteiger partial charge on any atom is -0.454 e. The van der Waals surface area contributed by atoms with Gasteiger partial charge >= 0.3 is 11.7 Å². The molecular formula is C23H21N3O7. The number of aromatic amines is 1. The van der Waals surface area contributed by atoms with Gasteiger partial charge in [-0.3, -0.25) is 24.3 Å². The Balaban J connectivity index is 1.38. The minimum absolute atomic E-state index is 0.0173. The van der Waals surface area contributed by atoms with Gasteiger partial charge in [-0.1, -0.05) is 18.2 Å². The van der Waals surface area contributed by atoms with Crippen molar-refractivity contribution in [1.29, 1.82) is 0 Å². The SMILES string of the molecule is Cc1[nH]c2ccccc2c1C(=O)[C@H](C)OC(=O)CCCn1c(=O)oc2cc([N+](=O)[O-])ccc21. The van der Waals surface area contributed by atoms with Crippen LogP contribution in [0.3, 0.4) is 0 Å². The van der Waals surface area contributed by atoms with Crippen LogP contribution in [0.2, 0.25) is 0 Å². The van der Waals surface area contributed by atoms with Crippen LogP contribution in [0.25, 0.3) is 22.0 Å². The van der Waals surface area contributed by atoms with Crippen molar-refractivity contribution in [3.63, 3.8) is 0 Å². The van der Waals surface area contributed by atoms with E-state index in [4.69, 9.17) is 9.15 Å². The highest BCUT2D eigenvalue weighted by molar-refractivity contribution is 6.11. The van der Waals surface area contributed by atoms with Gasteiger partial charge < -0.3 is 14.1 Å². The second-order valence-electron chi connectivity index (χ2n) is 7.70. The molecule has 0 amide bonds. The van der Waals surface area contributed by atoms with Gasteiger partial charge in [0, 0.05) is 41.2 Å². The van der Waals surface area contributed by atoms with Crippen molar-refractivity contribution in [1.82, 2.24) is 9.55 Å². The second kappa shape index (κ2) is 8.73. The van der Waals surface area contributed by atoms with Crippen molar-refractivity contribution in [2.75, 3.05) is 0 Å². The number of nitrogens with zero attached hydrogens (tertiary/aromatic N) is 2. The van der Waals surface area contributed by atoms with Crippen molar-refractivity contribution in [2.24, 2.45) is 0 Å². The Labute approximate surface area is 186 Å². The van der Waals surface area contributed by atoms with E-state index in [2.05, 4.69) is 4.98 Å². The summed E-state index contributed by atoms with van der Waals surface area (Å²) in [6, 6.07) is 11.3. The third kappa shape index (κ3) is 4.27. The number of hydrogen-bond acceptors (Lipinski definition) is 7. The zero-order valence-corrected chi connectivity index (χ0v) is 18.0. The summed E-state index contributed by atoms with van der Waals surface area (Å²) in [4.78, 5) is 50.8. The first-order valence-electron chi connectivity index (χ1n) is 10.3. The maximum atomic E-state index is 12.9. The fourth-order valence-corrected chi connectivity index (χ4v) is 3.87. The molecule has 170 valence electrons. The maximum Gasteiger partial charge on any atom is 0.419 e. The maximum absolute atomic E-state index is 12.9. The molecule has 4 aromatic rings. The number of rotatable bonds is 8. The molecule has 0 spiro atoms. The van der Waals surface area contributed by atoms with E-state index in [1.54, 1.807) is 6.92 Å². The van der Waals surface area contributed by atoms with Gasteiger partial charge in [-0.2, -0.15) is 0 Å². The van der Waals surface area contributed by atoms with Crippen LogP contribution >= 0.6 is 0 Å². The number of fused-ring (bicyclic) bond motifs is 2. The number of aromatic nitrogens is 2. The summed E-state index contributed by atoms with van der Waals surface area (Å²) >= 11 is 0. The number of H-pyrrole nitrogens is 1. The zero-order valence-electron chi connectivity index (χ0n) is 18.0. The molecule has 2 heterocycles. The topological polar surface area (TPSA) is 137 Å². The fourth-order valence-electron chi connectivity index (χ4n) is 3.87. The molecule has 0 fully saturated rings. The van der Waals surface area contributed by atoms with E-state index in [1.807, 2.05) is 24.3 Å². The zero-order chi connectivity index (χ0) is 23.7. The molecule has 0 saturated heterocycles. The number of hydrogen-bond donors (Lipinski definition) is 1. The molecule has 0 bridgehead atoms. The van der Waals surface area contributed by atoms with Crippen LogP contribution in [-0.2, 0) is 16.1 Å². The Hall–Kier alpha value is -4.21. The number of esters is 1. The summed E-state index contributed by atoms with van der Waals surface area (Å²) in [6.07, 6.45) is -0.720. The highest BCUT2D eigenvalue weighted by atomic mass is 16.6. The van der Waals surface area contributed by atoms with E-state index in [0.29, 0.717) is 16.8 Å². The molecule has 1 atom stereocenters. The molecule has 0 saturated carbocycles. The quantitative estimate of drug-likeness (QED) is 0.186. The summed E-state index contributed by atoms with van der Waals surface area (Å²) < 4.78 is 11.7. The first-order chi connectivity index (χ1) is 15.8. The van der Waals surface area contributed by atoms with Gasteiger partial charge in [-0.25, -0.2) is 4.79 Å². The van der Waals surface area contributed by atoms with Crippen LogP contribution in [-0.4, -0.2) is 32.3 Å². The van der Waals surface area contributed by atoms with Crippen molar-refractivity contribution < 1.29 is 23.7 Å². The van der Waals surface area contributed by atoms with Gasteiger partial charge in [-0.15, -0.1) is 0 Å². The van der Waals surface area contributed by atoms with Gasteiger partial charge in [0.15, 0.2) is 11.7 Å². The van der Waals surface area contributed by atoms with E-state index in [0.717, 1.165) is 10.9 Å². The van der Waals surface area contributed by atoms with Crippen LogP contribution in [0.1, 0.15) is 35.8 Å². The summed E-state index contributed by atoms with van der Waals surface area (Å²) in [6.45, 7) is 3.48. The lowest BCUT2D eigenvalue weighted by Gasteiger charge is -2.12. The summed E-state index contributed by atoms with van der Waals surface area (Å²) in [5, 5.41) is 11.7. The van der Waals surface area contributed by atoms with Crippen LogP contribution in [0, 0.1) is 17.0 Å². The predicted molar refractivity (Wildman–Crippen MR) is 119 cm³/mol. The molecule has 33 heavy (non-hydrogen) atoms. The molecule has 0 aliphatic rings. The molecule has 1 N–H and O–H groups in total. The smallest absolute Gasteiger partial charge is 0.419 e. The fraction of sp³-hybridized carbons (Fsp3) is 0.261. The number of ketones is 1. The molecule has 2 aromatic carbocycles.